The average Bonchev–Trinajstić information content (AvgIpc) is 2.23. The minimum Gasteiger partial charge on any atom is -0.341 e. The summed E-state index contributed by atoms with van der Waals surface area (Å²) in [6.07, 6.45) is 1.96. The Kier molecular flexibility index (Phi) is 3.78. The van der Waals surface area contributed by atoms with E-state index in [0.717, 1.165) is 5.56 Å². The predicted molar refractivity (Wildman–Crippen MR) is 55.7 cm³/mol. The highest BCUT2D eigenvalue weighted by molar-refractivity contribution is 7.99. The molecule has 72 valence electrons. The van der Waals surface area contributed by atoms with Gasteiger partial charge in [-0.05, 0) is 6.26 Å². The van der Waals surface area contributed by atoms with E-state index in [1.165, 1.54) is 11.8 Å². The van der Waals surface area contributed by atoms with Crippen LogP contribution in [0.2, 0.25) is 0 Å². The van der Waals surface area contributed by atoms with Crippen LogP contribution in [0.3, 0.4) is 0 Å². The maximum absolute atomic E-state index is 5.36. The molecule has 0 aliphatic rings. The zero-order valence-electron chi connectivity index (χ0n) is 8.11. The summed E-state index contributed by atoms with van der Waals surface area (Å²) in [5.41, 5.74) is 1.02. The molecule has 0 aliphatic heterocycles. The first-order valence-corrected chi connectivity index (χ1v) is 5.22. The lowest BCUT2D eigenvalue weighted by Crippen LogP contribution is -2.26. The third-order valence-electron chi connectivity index (χ3n) is 1.93. The van der Waals surface area contributed by atoms with Crippen LogP contribution >= 0.6 is 11.8 Å². The highest BCUT2D eigenvalue weighted by Crippen LogP contribution is 2.35. The standard InChI is InChI=1S/C10H14O2S/c1-11-10(12-2,13-3)9-7-5-4-6-8-9/h4-8H,1-3H3. The Morgan fingerprint density at radius 2 is 1.62 bits per heavy atom. The third-order valence-corrected chi connectivity index (χ3v) is 3.04. The van der Waals surface area contributed by atoms with Gasteiger partial charge in [-0.3, -0.25) is 0 Å². The number of thioether (sulfide) groups is 1. The van der Waals surface area contributed by atoms with Crippen molar-refractivity contribution in [2.75, 3.05) is 20.5 Å². The van der Waals surface area contributed by atoms with Gasteiger partial charge in [-0.2, -0.15) is 0 Å². The van der Waals surface area contributed by atoms with E-state index in [1.54, 1.807) is 14.2 Å². The van der Waals surface area contributed by atoms with E-state index in [0.29, 0.717) is 0 Å². The fourth-order valence-electron chi connectivity index (χ4n) is 1.25. The van der Waals surface area contributed by atoms with Crippen molar-refractivity contribution in [3.63, 3.8) is 0 Å². The van der Waals surface area contributed by atoms with Crippen LogP contribution in [0.5, 0.6) is 0 Å². The number of hydrogen-bond acceptors (Lipinski definition) is 3. The first-order valence-electron chi connectivity index (χ1n) is 4.00. The topological polar surface area (TPSA) is 18.5 Å². The number of benzene rings is 1. The lowest BCUT2D eigenvalue weighted by atomic mass is 10.2. The maximum atomic E-state index is 5.36. The van der Waals surface area contributed by atoms with Crippen molar-refractivity contribution < 1.29 is 9.47 Å². The Labute approximate surface area is 83.2 Å². The second kappa shape index (κ2) is 4.65. The number of ether oxygens (including phenoxy) is 2. The summed E-state index contributed by atoms with van der Waals surface area (Å²) in [6, 6.07) is 9.89. The van der Waals surface area contributed by atoms with Crippen molar-refractivity contribution in [2.45, 2.75) is 5.12 Å². The van der Waals surface area contributed by atoms with Crippen LogP contribution in [0.15, 0.2) is 30.3 Å². The molecule has 0 aromatic heterocycles. The highest BCUT2D eigenvalue weighted by Gasteiger charge is 2.30. The molecule has 3 heteroatoms. The smallest absolute Gasteiger partial charge is 0.245 e. The molecular weight excluding hydrogens is 184 g/mol. The molecule has 0 amide bonds. The SMILES string of the molecule is COC(OC)(SC)c1ccccc1. The molecule has 0 fully saturated rings. The minimum atomic E-state index is -0.665. The molecule has 1 aromatic rings. The quantitative estimate of drug-likeness (QED) is 0.692. The van der Waals surface area contributed by atoms with Gasteiger partial charge in [-0.1, -0.05) is 42.1 Å². The summed E-state index contributed by atoms with van der Waals surface area (Å²) in [6.45, 7) is 0. The van der Waals surface area contributed by atoms with Gasteiger partial charge in [-0.25, -0.2) is 0 Å². The van der Waals surface area contributed by atoms with Crippen LogP contribution in [0, 0.1) is 0 Å². The van der Waals surface area contributed by atoms with Crippen molar-refractivity contribution >= 4 is 11.8 Å². The van der Waals surface area contributed by atoms with Crippen LogP contribution in [0.4, 0.5) is 0 Å². The van der Waals surface area contributed by atoms with Crippen LogP contribution < -0.4 is 0 Å². The molecule has 0 saturated carbocycles. The molecule has 0 spiro atoms. The molecule has 1 aromatic carbocycles. The largest absolute Gasteiger partial charge is 0.341 e. The van der Waals surface area contributed by atoms with Gasteiger partial charge in [0, 0.05) is 19.8 Å². The Balaban J connectivity index is 3.01. The second-order valence-electron chi connectivity index (χ2n) is 2.53. The Bertz CT molecular complexity index is 236. The van der Waals surface area contributed by atoms with E-state index >= 15 is 0 Å². The van der Waals surface area contributed by atoms with E-state index in [9.17, 15) is 0 Å². The first kappa shape index (κ1) is 10.6. The van der Waals surface area contributed by atoms with Crippen molar-refractivity contribution in [3.05, 3.63) is 35.9 Å². The van der Waals surface area contributed by atoms with Gasteiger partial charge in [0.1, 0.15) is 0 Å². The van der Waals surface area contributed by atoms with E-state index in [2.05, 4.69) is 0 Å². The molecule has 0 aliphatic carbocycles. The predicted octanol–water partition coefficient (Wildman–Crippen LogP) is 2.45. The minimum absolute atomic E-state index is 0.665. The summed E-state index contributed by atoms with van der Waals surface area (Å²) in [5.74, 6) is 0. The van der Waals surface area contributed by atoms with Crippen molar-refractivity contribution in [1.82, 2.24) is 0 Å². The van der Waals surface area contributed by atoms with E-state index in [4.69, 9.17) is 9.47 Å². The molecule has 0 N–H and O–H groups in total. The van der Waals surface area contributed by atoms with Gasteiger partial charge in [0.2, 0.25) is 5.12 Å². The van der Waals surface area contributed by atoms with Crippen LogP contribution in [-0.2, 0) is 14.6 Å². The van der Waals surface area contributed by atoms with Crippen LogP contribution in [0.25, 0.3) is 0 Å². The van der Waals surface area contributed by atoms with E-state index in [-0.39, 0.29) is 0 Å². The van der Waals surface area contributed by atoms with Gasteiger partial charge < -0.3 is 9.47 Å². The molecule has 2 nitrogen and oxygen atoms in total. The molecule has 1 rings (SSSR count). The van der Waals surface area contributed by atoms with E-state index in [1.807, 2.05) is 36.6 Å². The summed E-state index contributed by atoms with van der Waals surface area (Å²) in [4.78, 5) is 0. The monoisotopic (exact) mass is 198 g/mol. The van der Waals surface area contributed by atoms with Crippen molar-refractivity contribution in [2.24, 2.45) is 0 Å². The van der Waals surface area contributed by atoms with Gasteiger partial charge in [-0.15, -0.1) is 0 Å². The molecular formula is C10H14O2S. The summed E-state index contributed by atoms with van der Waals surface area (Å²) >= 11 is 1.53. The Hall–Kier alpha value is -0.510. The number of rotatable bonds is 4. The van der Waals surface area contributed by atoms with E-state index < -0.39 is 5.12 Å². The summed E-state index contributed by atoms with van der Waals surface area (Å²) in [5, 5.41) is -0.665. The second-order valence-corrected chi connectivity index (χ2v) is 3.48. The molecule has 13 heavy (non-hydrogen) atoms. The van der Waals surface area contributed by atoms with Crippen LogP contribution in [-0.4, -0.2) is 20.5 Å². The fourth-order valence-corrected chi connectivity index (χ4v) is 1.95. The maximum Gasteiger partial charge on any atom is 0.245 e. The number of methoxy groups -OCH3 is 2. The Morgan fingerprint density at radius 1 is 1.08 bits per heavy atom. The lowest BCUT2D eigenvalue weighted by molar-refractivity contribution is -0.140. The summed E-state index contributed by atoms with van der Waals surface area (Å²) in [7, 11) is 3.29. The first-order chi connectivity index (χ1) is 6.29. The van der Waals surface area contributed by atoms with Gasteiger partial charge >= 0.3 is 0 Å². The van der Waals surface area contributed by atoms with Crippen LogP contribution in [0.1, 0.15) is 5.56 Å². The van der Waals surface area contributed by atoms with Gasteiger partial charge in [0.05, 0.1) is 0 Å². The lowest BCUT2D eigenvalue weighted by Gasteiger charge is -2.28. The highest BCUT2D eigenvalue weighted by atomic mass is 32.2. The normalized spacial score (nSPS) is 11.6. The van der Waals surface area contributed by atoms with Crippen molar-refractivity contribution in [3.8, 4) is 0 Å². The third kappa shape index (κ3) is 2.05. The molecule has 0 bridgehead atoms. The van der Waals surface area contributed by atoms with Crippen molar-refractivity contribution in [1.29, 1.82) is 0 Å². The molecule has 0 unspecified atom stereocenters. The fraction of sp³-hybridized carbons (Fsp3) is 0.400. The molecule has 0 saturated heterocycles. The van der Waals surface area contributed by atoms with Gasteiger partial charge in [0.15, 0.2) is 0 Å². The number of hydrogen-bond donors (Lipinski definition) is 0. The Morgan fingerprint density at radius 3 is 2.00 bits per heavy atom. The average molecular weight is 198 g/mol. The molecule has 0 heterocycles. The van der Waals surface area contributed by atoms with Gasteiger partial charge in [0.25, 0.3) is 0 Å². The molecule has 0 radical (unpaired) electrons. The summed E-state index contributed by atoms with van der Waals surface area (Å²) < 4.78 is 10.7. The molecule has 0 atom stereocenters. The zero-order valence-corrected chi connectivity index (χ0v) is 8.93. The zero-order chi connectivity index (χ0) is 9.73.